The van der Waals surface area contributed by atoms with E-state index in [1.807, 2.05) is 50.3 Å². The highest BCUT2D eigenvalue weighted by Gasteiger charge is 2.00. The van der Waals surface area contributed by atoms with Crippen molar-refractivity contribution >= 4 is 5.78 Å². The van der Waals surface area contributed by atoms with E-state index in [1.165, 1.54) is 0 Å². The second kappa shape index (κ2) is 5.92. The molecule has 0 unspecified atom stereocenters. The molecular formula is C15H16O. The van der Waals surface area contributed by atoms with Gasteiger partial charge in [0, 0.05) is 5.56 Å². The fourth-order valence-electron chi connectivity index (χ4n) is 1.24. The molecule has 0 aliphatic rings. The highest BCUT2D eigenvalue weighted by atomic mass is 16.1. The summed E-state index contributed by atoms with van der Waals surface area (Å²) in [5, 5.41) is 0. The molecule has 0 saturated heterocycles. The van der Waals surface area contributed by atoms with Crippen LogP contribution in [0.15, 0.2) is 42.0 Å². The zero-order chi connectivity index (χ0) is 12.0. The minimum atomic E-state index is 0.0251. The lowest BCUT2D eigenvalue weighted by molar-refractivity contribution is -0.113. The summed E-state index contributed by atoms with van der Waals surface area (Å²) in [6, 6.07) is 9.68. The van der Waals surface area contributed by atoms with Gasteiger partial charge in [0.1, 0.15) is 0 Å². The van der Waals surface area contributed by atoms with E-state index in [2.05, 4.69) is 11.8 Å². The molecule has 0 spiro atoms. The van der Waals surface area contributed by atoms with E-state index < -0.39 is 0 Å². The van der Waals surface area contributed by atoms with Gasteiger partial charge in [-0.2, -0.15) is 0 Å². The first-order valence-corrected chi connectivity index (χ1v) is 5.39. The van der Waals surface area contributed by atoms with Gasteiger partial charge in [-0.1, -0.05) is 50.0 Å². The smallest absolute Gasteiger partial charge is 0.167 e. The van der Waals surface area contributed by atoms with Gasteiger partial charge in [0.15, 0.2) is 5.78 Å². The number of Topliss-reactive ketones (excluding diaryl/α,β-unsaturated/α-hetero) is 1. The Morgan fingerprint density at radius 1 is 1.25 bits per heavy atom. The molecule has 0 atom stereocenters. The quantitative estimate of drug-likeness (QED) is 0.543. The van der Waals surface area contributed by atoms with Gasteiger partial charge >= 0.3 is 0 Å². The summed E-state index contributed by atoms with van der Waals surface area (Å²) in [5.41, 5.74) is 1.53. The van der Waals surface area contributed by atoms with E-state index in [1.54, 1.807) is 6.92 Å². The number of ketones is 1. The van der Waals surface area contributed by atoms with Gasteiger partial charge in [-0.15, -0.1) is 0 Å². The molecule has 1 rings (SSSR count). The van der Waals surface area contributed by atoms with Crippen molar-refractivity contribution < 1.29 is 4.79 Å². The van der Waals surface area contributed by atoms with Gasteiger partial charge in [-0.3, -0.25) is 4.79 Å². The first kappa shape index (κ1) is 12.3. The van der Waals surface area contributed by atoms with Crippen molar-refractivity contribution in [3.63, 3.8) is 0 Å². The zero-order valence-electron chi connectivity index (χ0n) is 9.95. The SMILES string of the molecule is CC(=O)/C(C#Cc1ccccc1)=C/C(C)C. The summed E-state index contributed by atoms with van der Waals surface area (Å²) in [6.07, 6.45) is 1.90. The highest BCUT2D eigenvalue weighted by Crippen LogP contribution is 2.03. The third-order valence-corrected chi connectivity index (χ3v) is 1.99. The Morgan fingerprint density at radius 3 is 2.38 bits per heavy atom. The van der Waals surface area contributed by atoms with Crippen LogP contribution < -0.4 is 0 Å². The van der Waals surface area contributed by atoms with Gasteiger partial charge in [0.2, 0.25) is 0 Å². The summed E-state index contributed by atoms with van der Waals surface area (Å²) < 4.78 is 0. The van der Waals surface area contributed by atoms with Crippen molar-refractivity contribution in [2.75, 3.05) is 0 Å². The van der Waals surface area contributed by atoms with Crippen molar-refractivity contribution in [1.29, 1.82) is 0 Å². The first-order chi connectivity index (χ1) is 7.59. The van der Waals surface area contributed by atoms with E-state index >= 15 is 0 Å². The number of carbonyl (C=O) groups excluding carboxylic acids is 1. The summed E-state index contributed by atoms with van der Waals surface area (Å²) in [7, 11) is 0. The molecule has 0 amide bonds. The molecule has 1 heteroatoms. The largest absolute Gasteiger partial charge is 0.294 e. The third kappa shape index (κ3) is 4.14. The van der Waals surface area contributed by atoms with Crippen LogP contribution >= 0.6 is 0 Å². The maximum absolute atomic E-state index is 11.3. The monoisotopic (exact) mass is 212 g/mol. The predicted octanol–water partition coefficient (Wildman–Crippen LogP) is 3.21. The Balaban J connectivity index is 2.94. The number of carbonyl (C=O) groups is 1. The number of benzene rings is 1. The molecule has 0 aromatic heterocycles. The van der Waals surface area contributed by atoms with Crippen LogP contribution in [0.3, 0.4) is 0 Å². The zero-order valence-corrected chi connectivity index (χ0v) is 9.95. The number of hydrogen-bond donors (Lipinski definition) is 0. The van der Waals surface area contributed by atoms with Gasteiger partial charge < -0.3 is 0 Å². The Morgan fingerprint density at radius 2 is 1.88 bits per heavy atom. The van der Waals surface area contributed by atoms with Crippen LogP contribution in [0.2, 0.25) is 0 Å². The summed E-state index contributed by atoms with van der Waals surface area (Å²) in [4.78, 5) is 11.3. The third-order valence-electron chi connectivity index (χ3n) is 1.99. The van der Waals surface area contributed by atoms with E-state index in [0.29, 0.717) is 11.5 Å². The van der Waals surface area contributed by atoms with Crippen LogP contribution in [0.5, 0.6) is 0 Å². The average molecular weight is 212 g/mol. The highest BCUT2D eigenvalue weighted by molar-refractivity contribution is 5.97. The van der Waals surface area contributed by atoms with E-state index in [-0.39, 0.29) is 5.78 Å². The molecule has 0 aliphatic carbocycles. The first-order valence-electron chi connectivity index (χ1n) is 5.39. The van der Waals surface area contributed by atoms with Crippen LogP contribution in [-0.2, 0) is 4.79 Å². The Hall–Kier alpha value is -1.81. The van der Waals surface area contributed by atoms with E-state index in [4.69, 9.17) is 0 Å². The predicted molar refractivity (Wildman–Crippen MR) is 66.9 cm³/mol. The molecule has 0 fully saturated rings. The minimum Gasteiger partial charge on any atom is -0.294 e. The maximum Gasteiger partial charge on any atom is 0.167 e. The second-order valence-corrected chi connectivity index (χ2v) is 4.00. The van der Waals surface area contributed by atoms with Gasteiger partial charge in [-0.05, 0) is 25.0 Å². The van der Waals surface area contributed by atoms with Gasteiger partial charge in [0.05, 0.1) is 5.57 Å². The summed E-state index contributed by atoms with van der Waals surface area (Å²) >= 11 is 0. The maximum atomic E-state index is 11.3. The number of rotatable bonds is 2. The van der Waals surface area contributed by atoms with Crippen LogP contribution in [0.1, 0.15) is 26.3 Å². The molecule has 0 saturated carbocycles. The molecule has 1 nitrogen and oxygen atoms in total. The Labute approximate surface area is 97.2 Å². The molecule has 0 aliphatic heterocycles. The average Bonchev–Trinajstić information content (AvgIpc) is 2.25. The lowest BCUT2D eigenvalue weighted by Gasteiger charge is -1.97. The molecule has 0 radical (unpaired) electrons. The Bertz CT molecular complexity index is 441. The summed E-state index contributed by atoms with van der Waals surface area (Å²) in [6.45, 7) is 5.62. The van der Waals surface area contributed by atoms with Crippen molar-refractivity contribution in [1.82, 2.24) is 0 Å². The topological polar surface area (TPSA) is 17.1 Å². The van der Waals surface area contributed by atoms with Crippen LogP contribution in [0.25, 0.3) is 0 Å². The normalized spacial score (nSPS) is 10.9. The van der Waals surface area contributed by atoms with Crippen LogP contribution in [-0.4, -0.2) is 5.78 Å². The second-order valence-electron chi connectivity index (χ2n) is 4.00. The van der Waals surface area contributed by atoms with Gasteiger partial charge in [-0.25, -0.2) is 0 Å². The molecular weight excluding hydrogens is 196 g/mol. The van der Waals surface area contributed by atoms with E-state index in [9.17, 15) is 4.79 Å². The molecule has 1 aromatic rings. The van der Waals surface area contributed by atoms with E-state index in [0.717, 1.165) is 5.56 Å². The molecule has 0 N–H and O–H groups in total. The fourth-order valence-corrected chi connectivity index (χ4v) is 1.24. The standard InChI is InChI=1S/C15H16O/c1-12(2)11-15(13(3)16)10-9-14-7-5-4-6-8-14/h4-8,11-12H,1-3H3/b15-11+. The molecule has 82 valence electrons. The molecule has 1 aromatic carbocycles. The summed E-state index contributed by atoms with van der Waals surface area (Å²) in [5.74, 6) is 6.28. The fraction of sp³-hybridized carbons (Fsp3) is 0.267. The molecule has 16 heavy (non-hydrogen) atoms. The van der Waals surface area contributed by atoms with Gasteiger partial charge in [0.25, 0.3) is 0 Å². The molecule has 0 bridgehead atoms. The van der Waals surface area contributed by atoms with Crippen LogP contribution in [0, 0.1) is 17.8 Å². The molecule has 0 heterocycles. The van der Waals surface area contributed by atoms with Crippen molar-refractivity contribution in [2.24, 2.45) is 5.92 Å². The van der Waals surface area contributed by atoms with Crippen molar-refractivity contribution in [3.05, 3.63) is 47.5 Å². The lowest BCUT2D eigenvalue weighted by atomic mass is 10.1. The lowest BCUT2D eigenvalue weighted by Crippen LogP contribution is -1.96. The number of hydrogen-bond acceptors (Lipinski definition) is 1. The minimum absolute atomic E-state index is 0.0251. The number of allylic oxidation sites excluding steroid dienone is 2. The van der Waals surface area contributed by atoms with Crippen molar-refractivity contribution in [3.8, 4) is 11.8 Å². The van der Waals surface area contributed by atoms with Crippen LogP contribution in [0.4, 0.5) is 0 Å². The Kier molecular flexibility index (Phi) is 4.54. The van der Waals surface area contributed by atoms with Crippen molar-refractivity contribution in [2.45, 2.75) is 20.8 Å².